The number of carbonyl (C=O) groups is 1. The van der Waals surface area contributed by atoms with Crippen LogP contribution in [0.1, 0.15) is 48.5 Å². The number of aryl methyl sites for hydroxylation is 1. The highest BCUT2D eigenvalue weighted by molar-refractivity contribution is 7.89. The van der Waals surface area contributed by atoms with Crippen LogP contribution in [0.25, 0.3) is 0 Å². The molecule has 3 rings (SSSR count). The van der Waals surface area contributed by atoms with Crippen molar-refractivity contribution in [3.05, 3.63) is 102 Å². The summed E-state index contributed by atoms with van der Waals surface area (Å²) in [5.74, 6) is -0.373. The van der Waals surface area contributed by atoms with Crippen LogP contribution in [0.5, 0.6) is 0 Å². The van der Waals surface area contributed by atoms with Gasteiger partial charge in [0.2, 0.25) is 10.0 Å². The molecule has 0 spiro atoms. The summed E-state index contributed by atoms with van der Waals surface area (Å²) in [6, 6.07) is 24.4. The second-order valence-electron chi connectivity index (χ2n) is 8.17. The van der Waals surface area contributed by atoms with Gasteiger partial charge in [0.05, 0.1) is 30.1 Å². The average molecular weight is 481 g/mol. The molecule has 0 saturated heterocycles. The Kier molecular flexibility index (Phi) is 9.39. The Morgan fingerprint density at radius 3 is 1.97 bits per heavy atom. The summed E-state index contributed by atoms with van der Waals surface area (Å²) in [7, 11) is -3.84. The summed E-state index contributed by atoms with van der Waals surface area (Å²) < 4.78 is 34.9. The molecule has 0 heterocycles. The van der Waals surface area contributed by atoms with Gasteiger partial charge < -0.3 is 4.74 Å². The van der Waals surface area contributed by atoms with Crippen molar-refractivity contribution in [2.45, 2.75) is 43.7 Å². The molecule has 180 valence electrons. The van der Waals surface area contributed by atoms with Crippen molar-refractivity contribution >= 4 is 16.0 Å². The Balaban J connectivity index is 1.94. The second kappa shape index (κ2) is 12.5. The van der Waals surface area contributed by atoms with Crippen molar-refractivity contribution in [1.82, 2.24) is 10.0 Å². The van der Waals surface area contributed by atoms with Crippen molar-refractivity contribution in [1.29, 1.82) is 0 Å². The summed E-state index contributed by atoms with van der Waals surface area (Å²) in [5, 5.41) is 3.24. The number of esters is 1. The molecule has 6 nitrogen and oxygen atoms in total. The monoisotopic (exact) mass is 480 g/mol. The van der Waals surface area contributed by atoms with Crippen LogP contribution in [0.2, 0.25) is 0 Å². The lowest BCUT2D eigenvalue weighted by Crippen LogP contribution is -2.40. The third-order valence-corrected chi connectivity index (χ3v) is 6.95. The first kappa shape index (κ1) is 25.6. The van der Waals surface area contributed by atoms with Crippen LogP contribution in [0.3, 0.4) is 0 Å². The number of nitrogens with one attached hydrogen (secondary N) is 2. The maximum atomic E-state index is 13.3. The van der Waals surface area contributed by atoms with Gasteiger partial charge in [-0.1, -0.05) is 91.7 Å². The fraction of sp³-hybridized carbons (Fsp3) is 0.296. The number of benzene rings is 3. The second-order valence-corrected chi connectivity index (χ2v) is 9.88. The van der Waals surface area contributed by atoms with Gasteiger partial charge >= 0.3 is 5.97 Å². The number of sulfonamides is 1. The van der Waals surface area contributed by atoms with E-state index in [-0.39, 0.29) is 17.4 Å². The molecule has 0 aliphatic heterocycles. The summed E-state index contributed by atoms with van der Waals surface area (Å²) in [6.45, 7) is 4.27. The van der Waals surface area contributed by atoms with E-state index in [1.807, 2.05) is 74.5 Å². The Morgan fingerprint density at radius 2 is 1.41 bits per heavy atom. The van der Waals surface area contributed by atoms with E-state index < -0.39 is 22.1 Å². The maximum absolute atomic E-state index is 13.3. The molecule has 0 aliphatic carbocycles. The largest absolute Gasteiger partial charge is 0.465 e. The number of carbonyl (C=O) groups excluding carboxylic acids is 1. The van der Waals surface area contributed by atoms with Crippen LogP contribution in [-0.4, -0.2) is 27.5 Å². The lowest BCUT2D eigenvalue weighted by Gasteiger charge is -2.29. The quantitative estimate of drug-likeness (QED) is 0.290. The number of hydrogen-bond donors (Lipinski definition) is 2. The molecular weight excluding hydrogens is 448 g/mol. The molecule has 0 aliphatic rings. The highest BCUT2D eigenvalue weighted by atomic mass is 32.2. The maximum Gasteiger partial charge on any atom is 0.319 e. The van der Waals surface area contributed by atoms with Gasteiger partial charge in [-0.15, -0.1) is 0 Å². The minimum atomic E-state index is -3.84. The van der Waals surface area contributed by atoms with Gasteiger partial charge in [-0.25, -0.2) is 13.1 Å². The van der Waals surface area contributed by atoms with Gasteiger partial charge in [-0.05, 0) is 36.6 Å². The Labute approximate surface area is 202 Å². The molecule has 0 unspecified atom stereocenters. The number of unbranched alkanes of at least 4 members (excludes halogenated alkanes) is 1. The highest BCUT2D eigenvalue weighted by Gasteiger charge is 2.30. The molecular formula is C27H32N2O4S. The van der Waals surface area contributed by atoms with E-state index in [2.05, 4.69) is 10.0 Å². The molecule has 2 atom stereocenters. The predicted molar refractivity (Wildman–Crippen MR) is 134 cm³/mol. The molecule has 0 fully saturated rings. The molecule has 7 heteroatoms. The molecule has 0 aromatic heterocycles. The minimum absolute atomic E-state index is 0.0428. The average Bonchev–Trinajstić information content (AvgIpc) is 2.85. The van der Waals surface area contributed by atoms with Gasteiger partial charge in [0.1, 0.15) is 0 Å². The summed E-state index contributed by atoms with van der Waals surface area (Å²) in [6.07, 6.45) is 1.74. The topological polar surface area (TPSA) is 84.5 Å². The Bertz CT molecular complexity index is 1130. The zero-order valence-corrected chi connectivity index (χ0v) is 20.4. The zero-order valence-electron chi connectivity index (χ0n) is 19.6. The first-order valence-corrected chi connectivity index (χ1v) is 13.0. The first-order valence-electron chi connectivity index (χ1n) is 11.5. The van der Waals surface area contributed by atoms with E-state index in [9.17, 15) is 13.2 Å². The van der Waals surface area contributed by atoms with E-state index in [1.54, 1.807) is 24.3 Å². The SMILES string of the molecule is CCCCOC(=O)CN[C@H](c1ccccc1)[C@H](NS(=O)(=O)c1ccc(C)cc1)c1ccccc1. The predicted octanol–water partition coefficient (Wildman–Crippen LogP) is 4.69. The van der Waals surface area contributed by atoms with Gasteiger partial charge in [0, 0.05) is 0 Å². The van der Waals surface area contributed by atoms with E-state index >= 15 is 0 Å². The molecule has 2 N–H and O–H groups in total. The van der Waals surface area contributed by atoms with E-state index in [1.165, 1.54) is 0 Å². The summed E-state index contributed by atoms with van der Waals surface area (Å²) >= 11 is 0. The first-order chi connectivity index (χ1) is 16.4. The van der Waals surface area contributed by atoms with Crippen LogP contribution in [-0.2, 0) is 19.6 Å². The summed E-state index contributed by atoms with van der Waals surface area (Å²) in [5.41, 5.74) is 2.60. The Hall–Kier alpha value is -3.00. The normalized spacial score (nSPS) is 13.2. The zero-order chi connectivity index (χ0) is 24.4. The summed E-state index contributed by atoms with van der Waals surface area (Å²) in [4.78, 5) is 12.5. The van der Waals surface area contributed by atoms with Crippen LogP contribution >= 0.6 is 0 Å². The molecule has 0 saturated carbocycles. The third kappa shape index (κ3) is 7.25. The van der Waals surface area contributed by atoms with Crippen molar-refractivity contribution in [2.75, 3.05) is 13.2 Å². The number of rotatable bonds is 12. The van der Waals surface area contributed by atoms with E-state index in [0.717, 1.165) is 29.5 Å². The van der Waals surface area contributed by atoms with Gasteiger partial charge in [0.25, 0.3) is 0 Å². The van der Waals surface area contributed by atoms with Gasteiger partial charge in [-0.2, -0.15) is 0 Å². The highest BCUT2D eigenvalue weighted by Crippen LogP contribution is 2.30. The Morgan fingerprint density at radius 1 is 0.853 bits per heavy atom. The number of ether oxygens (including phenoxy) is 1. The molecule has 0 bridgehead atoms. The standard InChI is InChI=1S/C27H32N2O4S/c1-3-4-19-33-25(30)20-28-26(22-11-7-5-8-12-22)27(23-13-9-6-10-14-23)29-34(31,32)24-17-15-21(2)16-18-24/h5-18,26-29H,3-4,19-20H2,1-2H3/t26-,27-/m1/s1. The fourth-order valence-electron chi connectivity index (χ4n) is 3.60. The van der Waals surface area contributed by atoms with Crippen LogP contribution < -0.4 is 10.0 Å². The van der Waals surface area contributed by atoms with Gasteiger partial charge in [0.15, 0.2) is 0 Å². The molecule has 3 aromatic carbocycles. The van der Waals surface area contributed by atoms with E-state index in [4.69, 9.17) is 4.74 Å². The van der Waals surface area contributed by atoms with Crippen LogP contribution in [0.4, 0.5) is 0 Å². The molecule has 34 heavy (non-hydrogen) atoms. The lowest BCUT2D eigenvalue weighted by molar-refractivity contribution is -0.142. The minimum Gasteiger partial charge on any atom is -0.465 e. The van der Waals surface area contributed by atoms with Crippen molar-refractivity contribution in [2.24, 2.45) is 0 Å². The number of hydrogen-bond acceptors (Lipinski definition) is 5. The third-order valence-electron chi connectivity index (χ3n) is 5.49. The van der Waals surface area contributed by atoms with E-state index in [0.29, 0.717) is 6.61 Å². The van der Waals surface area contributed by atoms with Crippen LogP contribution in [0, 0.1) is 6.92 Å². The molecule has 0 amide bonds. The van der Waals surface area contributed by atoms with Gasteiger partial charge in [-0.3, -0.25) is 10.1 Å². The van der Waals surface area contributed by atoms with Crippen molar-refractivity contribution in [3.63, 3.8) is 0 Å². The fourth-order valence-corrected chi connectivity index (χ4v) is 4.84. The van der Waals surface area contributed by atoms with Crippen LogP contribution in [0.15, 0.2) is 89.8 Å². The lowest BCUT2D eigenvalue weighted by atomic mass is 9.94. The smallest absolute Gasteiger partial charge is 0.319 e. The van der Waals surface area contributed by atoms with Crippen molar-refractivity contribution < 1.29 is 17.9 Å². The molecule has 0 radical (unpaired) electrons. The van der Waals surface area contributed by atoms with Crippen molar-refractivity contribution in [3.8, 4) is 0 Å². The molecule has 3 aromatic rings.